The number of carbonyl (C=O) groups is 1. The number of halogens is 1. The van der Waals surface area contributed by atoms with Gasteiger partial charge >= 0.3 is 0 Å². The third-order valence-corrected chi connectivity index (χ3v) is 6.17. The van der Waals surface area contributed by atoms with E-state index >= 15 is 0 Å². The summed E-state index contributed by atoms with van der Waals surface area (Å²) in [4.78, 5) is 25.9. The Hall–Kier alpha value is -4.17. The van der Waals surface area contributed by atoms with Crippen molar-refractivity contribution in [3.8, 4) is 17.0 Å². The number of aromatic amines is 1. The van der Waals surface area contributed by atoms with Crippen molar-refractivity contribution in [3.05, 3.63) is 110 Å². The molecule has 0 bridgehead atoms. The number of nitro groups is 1. The number of fused-ring (bicyclic) bond motifs is 1. The van der Waals surface area contributed by atoms with Gasteiger partial charge in [-0.1, -0.05) is 23.7 Å². The molecule has 0 aliphatic carbocycles. The van der Waals surface area contributed by atoms with Crippen LogP contribution in [0.15, 0.2) is 72.8 Å². The number of hydrogen-bond acceptors (Lipinski definition) is 5. The van der Waals surface area contributed by atoms with Gasteiger partial charge in [0.2, 0.25) is 0 Å². The van der Waals surface area contributed by atoms with Crippen LogP contribution in [-0.2, 0) is 6.54 Å². The Labute approximate surface area is 199 Å². The summed E-state index contributed by atoms with van der Waals surface area (Å²) >= 11 is 6.03. The number of rotatable bonds is 6. The number of benzene rings is 3. The number of hydrogen-bond donors (Lipinski definition) is 1. The van der Waals surface area contributed by atoms with Gasteiger partial charge in [0.1, 0.15) is 11.4 Å². The number of amides is 1. The van der Waals surface area contributed by atoms with Gasteiger partial charge < -0.3 is 9.64 Å². The topological polar surface area (TPSA) is 101 Å². The molecule has 1 aromatic heterocycles. The third kappa shape index (κ3) is 3.78. The Morgan fingerprint density at radius 1 is 1.06 bits per heavy atom. The Balaban J connectivity index is 1.61. The van der Waals surface area contributed by atoms with Crippen molar-refractivity contribution in [1.29, 1.82) is 0 Å². The number of aromatic nitrogens is 2. The van der Waals surface area contributed by atoms with Gasteiger partial charge in [0, 0.05) is 34.8 Å². The van der Waals surface area contributed by atoms with Crippen molar-refractivity contribution in [3.63, 3.8) is 0 Å². The summed E-state index contributed by atoms with van der Waals surface area (Å²) in [7, 11) is 1.60. The molecule has 0 saturated heterocycles. The van der Waals surface area contributed by atoms with Crippen molar-refractivity contribution in [2.24, 2.45) is 0 Å². The summed E-state index contributed by atoms with van der Waals surface area (Å²) in [6.07, 6.45) is 0. The second-order valence-electron chi connectivity index (χ2n) is 7.90. The van der Waals surface area contributed by atoms with E-state index in [1.54, 1.807) is 36.3 Å². The number of carbonyl (C=O) groups excluding carboxylic acids is 1. The molecule has 1 atom stereocenters. The van der Waals surface area contributed by atoms with Crippen molar-refractivity contribution < 1.29 is 14.5 Å². The first-order valence-electron chi connectivity index (χ1n) is 10.5. The van der Waals surface area contributed by atoms with E-state index < -0.39 is 11.0 Å². The molecular formula is C25H19ClN4O4. The number of nitrogens with zero attached hydrogens (tertiary/aromatic N) is 3. The Kier molecular flexibility index (Phi) is 5.51. The minimum atomic E-state index is -0.477. The molecule has 1 aliphatic heterocycles. The van der Waals surface area contributed by atoms with Gasteiger partial charge in [-0.3, -0.25) is 20.0 Å². The average molecular weight is 475 g/mol. The second-order valence-corrected chi connectivity index (χ2v) is 8.34. The maximum absolute atomic E-state index is 13.5. The number of methoxy groups -OCH3 is 1. The molecule has 0 fully saturated rings. The van der Waals surface area contributed by atoms with Crippen molar-refractivity contribution in [2.45, 2.75) is 12.6 Å². The summed E-state index contributed by atoms with van der Waals surface area (Å²) < 4.78 is 5.25. The van der Waals surface area contributed by atoms with Crippen molar-refractivity contribution in [2.75, 3.05) is 7.11 Å². The van der Waals surface area contributed by atoms with E-state index in [9.17, 15) is 14.9 Å². The summed E-state index contributed by atoms with van der Waals surface area (Å²) in [5.41, 5.74) is 4.26. The number of nitro benzene ring substituents is 1. The van der Waals surface area contributed by atoms with Crippen LogP contribution in [0, 0.1) is 10.1 Å². The highest BCUT2D eigenvalue weighted by molar-refractivity contribution is 6.30. The van der Waals surface area contributed by atoms with E-state index in [1.165, 1.54) is 12.1 Å². The predicted molar refractivity (Wildman–Crippen MR) is 127 cm³/mol. The average Bonchev–Trinajstić information content (AvgIpc) is 3.40. The molecule has 1 N–H and O–H groups in total. The highest BCUT2D eigenvalue weighted by Crippen LogP contribution is 2.44. The quantitative estimate of drug-likeness (QED) is 0.298. The molecule has 2 heterocycles. The smallest absolute Gasteiger partial charge is 0.273 e. The van der Waals surface area contributed by atoms with E-state index in [2.05, 4.69) is 10.2 Å². The van der Waals surface area contributed by atoms with Crippen LogP contribution in [0.2, 0.25) is 5.02 Å². The lowest BCUT2D eigenvalue weighted by atomic mass is 9.95. The van der Waals surface area contributed by atoms with E-state index in [0.717, 1.165) is 22.3 Å². The summed E-state index contributed by atoms with van der Waals surface area (Å²) in [6, 6.07) is 20.5. The standard InChI is InChI=1S/C25H19ClN4O4/c1-34-20-12-6-16(7-13-20)22-21-23(28-27-22)25(31)29(14-15-2-8-18(26)9-3-15)24(21)17-4-10-19(11-5-17)30(32)33/h2-13,24H,14H2,1H3,(H,27,28). The molecule has 1 aliphatic rings. The monoisotopic (exact) mass is 474 g/mol. The molecule has 1 amide bonds. The molecule has 0 radical (unpaired) electrons. The van der Waals surface area contributed by atoms with Gasteiger partial charge in [-0.15, -0.1) is 0 Å². The van der Waals surface area contributed by atoms with Crippen molar-refractivity contribution >= 4 is 23.2 Å². The van der Waals surface area contributed by atoms with Crippen LogP contribution in [0.3, 0.4) is 0 Å². The highest BCUT2D eigenvalue weighted by Gasteiger charge is 2.42. The lowest BCUT2D eigenvalue weighted by Gasteiger charge is -2.26. The Morgan fingerprint density at radius 3 is 2.35 bits per heavy atom. The number of ether oxygens (including phenoxy) is 1. The maximum Gasteiger partial charge on any atom is 0.273 e. The minimum Gasteiger partial charge on any atom is -0.497 e. The zero-order valence-corrected chi connectivity index (χ0v) is 18.8. The van der Waals surface area contributed by atoms with Gasteiger partial charge in [-0.25, -0.2) is 0 Å². The molecule has 0 spiro atoms. The van der Waals surface area contributed by atoms with E-state index in [-0.39, 0.29) is 11.6 Å². The van der Waals surface area contributed by atoms with Gasteiger partial charge in [0.05, 0.1) is 23.8 Å². The van der Waals surface area contributed by atoms with E-state index in [1.807, 2.05) is 36.4 Å². The molecule has 0 saturated carbocycles. The fourth-order valence-electron chi connectivity index (χ4n) is 4.24. The third-order valence-electron chi connectivity index (χ3n) is 5.91. The van der Waals surface area contributed by atoms with Gasteiger partial charge in [0.25, 0.3) is 11.6 Å². The molecule has 170 valence electrons. The highest BCUT2D eigenvalue weighted by atomic mass is 35.5. The van der Waals surface area contributed by atoms with Crippen LogP contribution in [0.1, 0.15) is 33.2 Å². The Bertz CT molecular complexity index is 1370. The lowest BCUT2D eigenvalue weighted by molar-refractivity contribution is -0.384. The van der Waals surface area contributed by atoms with E-state index in [0.29, 0.717) is 28.7 Å². The Morgan fingerprint density at radius 2 is 1.74 bits per heavy atom. The van der Waals surface area contributed by atoms with Crippen LogP contribution in [0.5, 0.6) is 5.75 Å². The van der Waals surface area contributed by atoms with Crippen molar-refractivity contribution in [1.82, 2.24) is 15.1 Å². The zero-order chi connectivity index (χ0) is 23.8. The molecule has 5 rings (SSSR count). The minimum absolute atomic E-state index is 0.0138. The SMILES string of the molecule is COc1ccc(-c2n[nH]c3c2C(c2ccc([N+](=O)[O-])cc2)N(Cc2ccc(Cl)cc2)C3=O)cc1. The van der Waals surface area contributed by atoms with Gasteiger partial charge in [-0.2, -0.15) is 5.10 Å². The molecule has 1 unspecified atom stereocenters. The van der Waals surface area contributed by atoms with Crippen LogP contribution in [0.4, 0.5) is 5.69 Å². The molecule has 8 nitrogen and oxygen atoms in total. The zero-order valence-electron chi connectivity index (χ0n) is 18.1. The number of nitrogens with one attached hydrogen (secondary N) is 1. The normalized spacial score (nSPS) is 14.8. The lowest BCUT2D eigenvalue weighted by Crippen LogP contribution is -2.29. The van der Waals surface area contributed by atoms with Crippen LogP contribution in [0.25, 0.3) is 11.3 Å². The van der Waals surface area contributed by atoms with Gasteiger partial charge in [0.15, 0.2) is 0 Å². The molecule has 4 aromatic rings. The van der Waals surface area contributed by atoms with Crippen LogP contribution >= 0.6 is 11.6 Å². The molecule has 3 aromatic carbocycles. The number of H-pyrrole nitrogens is 1. The molecule has 9 heteroatoms. The molecular weight excluding hydrogens is 456 g/mol. The van der Waals surface area contributed by atoms with Gasteiger partial charge in [-0.05, 0) is 59.7 Å². The summed E-state index contributed by atoms with van der Waals surface area (Å²) in [5.74, 6) is 0.517. The first-order chi connectivity index (χ1) is 16.5. The summed E-state index contributed by atoms with van der Waals surface area (Å²) in [5, 5.41) is 19.1. The fourth-order valence-corrected chi connectivity index (χ4v) is 4.37. The second kappa shape index (κ2) is 8.64. The van der Waals surface area contributed by atoms with Crippen LogP contribution in [-0.4, -0.2) is 33.0 Å². The first kappa shape index (κ1) is 21.7. The molecule has 34 heavy (non-hydrogen) atoms. The first-order valence-corrected chi connectivity index (χ1v) is 10.9. The summed E-state index contributed by atoms with van der Waals surface area (Å²) in [6.45, 7) is 0.336. The van der Waals surface area contributed by atoms with E-state index in [4.69, 9.17) is 16.3 Å². The maximum atomic E-state index is 13.5. The number of non-ortho nitro benzene ring substituents is 1. The van der Waals surface area contributed by atoms with Crippen LogP contribution < -0.4 is 4.74 Å². The fraction of sp³-hybridized carbons (Fsp3) is 0.120. The largest absolute Gasteiger partial charge is 0.497 e. The predicted octanol–water partition coefficient (Wildman–Crippen LogP) is 5.39.